The number of likely N-dealkylation sites (N-methyl/N-ethyl adjacent to an activating group) is 1. The predicted octanol–water partition coefficient (Wildman–Crippen LogP) is 2.97. The van der Waals surface area contributed by atoms with Gasteiger partial charge in [0.1, 0.15) is 0 Å². The molecular weight excluding hydrogens is 414 g/mol. The number of carbonyl (C=O) groups is 3. The van der Waals surface area contributed by atoms with E-state index < -0.39 is 5.97 Å². The SMILES string of the molecule is CCOc1ccc(NC(=O)CN(C)CC(=O)c2[nH]c(C)c(C(=O)OC)c2C)cc1OCC. The van der Waals surface area contributed by atoms with Crippen LogP contribution in [0.4, 0.5) is 5.69 Å². The lowest BCUT2D eigenvalue weighted by molar-refractivity contribution is -0.116. The first kappa shape index (κ1) is 24.9. The largest absolute Gasteiger partial charge is 0.490 e. The van der Waals surface area contributed by atoms with Gasteiger partial charge in [0, 0.05) is 17.4 Å². The zero-order chi connectivity index (χ0) is 23.8. The summed E-state index contributed by atoms with van der Waals surface area (Å²) in [4.78, 5) is 41.7. The summed E-state index contributed by atoms with van der Waals surface area (Å²) >= 11 is 0. The molecule has 0 aliphatic heterocycles. The van der Waals surface area contributed by atoms with E-state index in [1.165, 1.54) is 7.11 Å². The number of nitrogens with one attached hydrogen (secondary N) is 2. The highest BCUT2D eigenvalue weighted by Crippen LogP contribution is 2.30. The van der Waals surface area contributed by atoms with Gasteiger partial charge < -0.3 is 24.5 Å². The number of hydrogen-bond donors (Lipinski definition) is 2. The Morgan fingerprint density at radius 1 is 1.03 bits per heavy atom. The number of ether oxygens (including phenoxy) is 3. The molecule has 2 aromatic rings. The fourth-order valence-electron chi connectivity index (χ4n) is 3.39. The van der Waals surface area contributed by atoms with Gasteiger partial charge in [-0.05, 0) is 52.4 Å². The molecule has 0 bridgehead atoms. The van der Waals surface area contributed by atoms with Crippen LogP contribution >= 0.6 is 0 Å². The summed E-state index contributed by atoms with van der Waals surface area (Å²) in [6, 6.07) is 5.18. The zero-order valence-corrected chi connectivity index (χ0v) is 19.5. The normalized spacial score (nSPS) is 10.7. The van der Waals surface area contributed by atoms with Gasteiger partial charge in [-0.2, -0.15) is 0 Å². The predicted molar refractivity (Wildman–Crippen MR) is 121 cm³/mol. The molecule has 9 heteroatoms. The number of aromatic nitrogens is 1. The van der Waals surface area contributed by atoms with Gasteiger partial charge in [-0.1, -0.05) is 0 Å². The lowest BCUT2D eigenvalue weighted by Crippen LogP contribution is -2.34. The van der Waals surface area contributed by atoms with Crippen molar-refractivity contribution in [1.82, 2.24) is 9.88 Å². The monoisotopic (exact) mass is 445 g/mol. The highest BCUT2D eigenvalue weighted by atomic mass is 16.5. The highest BCUT2D eigenvalue weighted by molar-refractivity contribution is 6.02. The number of H-pyrrole nitrogens is 1. The Balaban J connectivity index is 2.01. The molecule has 0 spiro atoms. The van der Waals surface area contributed by atoms with Crippen molar-refractivity contribution in [2.45, 2.75) is 27.7 Å². The van der Waals surface area contributed by atoms with Crippen LogP contribution in [0.3, 0.4) is 0 Å². The van der Waals surface area contributed by atoms with Crippen LogP contribution in [0.2, 0.25) is 0 Å². The van der Waals surface area contributed by atoms with Crippen molar-refractivity contribution in [1.29, 1.82) is 0 Å². The Morgan fingerprint density at radius 3 is 2.31 bits per heavy atom. The van der Waals surface area contributed by atoms with Gasteiger partial charge in [0.15, 0.2) is 17.3 Å². The van der Waals surface area contributed by atoms with Gasteiger partial charge >= 0.3 is 5.97 Å². The molecule has 1 aromatic heterocycles. The molecule has 174 valence electrons. The van der Waals surface area contributed by atoms with Gasteiger partial charge in [0.2, 0.25) is 5.91 Å². The van der Waals surface area contributed by atoms with Crippen LogP contribution in [-0.2, 0) is 9.53 Å². The van der Waals surface area contributed by atoms with Crippen LogP contribution < -0.4 is 14.8 Å². The second kappa shape index (κ2) is 11.3. The first-order valence-corrected chi connectivity index (χ1v) is 10.4. The first-order chi connectivity index (χ1) is 15.2. The standard InChI is InChI=1S/C23H31N3O6/c1-7-31-18-10-9-16(11-19(18)32-8-2)25-20(28)13-26(5)12-17(27)22-14(3)21(15(4)24-22)23(29)30-6/h9-11,24H,7-8,12-13H2,1-6H3,(H,25,28). The maximum atomic E-state index is 12.7. The molecular formula is C23H31N3O6. The van der Waals surface area contributed by atoms with Crippen molar-refractivity contribution < 1.29 is 28.6 Å². The molecule has 1 aromatic carbocycles. The van der Waals surface area contributed by atoms with Crippen LogP contribution in [0.1, 0.15) is 46.0 Å². The van der Waals surface area contributed by atoms with E-state index >= 15 is 0 Å². The Kier molecular flexibility index (Phi) is 8.83. The first-order valence-electron chi connectivity index (χ1n) is 10.4. The summed E-state index contributed by atoms with van der Waals surface area (Å²) in [6.07, 6.45) is 0. The van der Waals surface area contributed by atoms with Gasteiger partial charge in [0.25, 0.3) is 0 Å². The van der Waals surface area contributed by atoms with E-state index in [-0.39, 0.29) is 24.8 Å². The van der Waals surface area contributed by atoms with Crippen LogP contribution in [0.15, 0.2) is 18.2 Å². The summed E-state index contributed by atoms with van der Waals surface area (Å²) < 4.78 is 15.9. The summed E-state index contributed by atoms with van der Waals surface area (Å²) in [7, 11) is 2.97. The molecule has 2 N–H and O–H groups in total. The van der Waals surface area contributed by atoms with Crippen LogP contribution in [0.5, 0.6) is 11.5 Å². The van der Waals surface area contributed by atoms with E-state index in [0.29, 0.717) is 52.9 Å². The number of esters is 1. The molecule has 1 heterocycles. The number of amides is 1. The molecule has 32 heavy (non-hydrogen) atoms. The Labute approximate surface area is 188 Å². The quantitative estimate of drug-likeness (QED) is 0.404. The van der Waals surface area contributed by atoms with Crippen molar-refractivity contribution in [2.75, 3.05) is 45.8 Å². The van der Waals surface area contributed by atoms with E-state index in [2.05, 4.69) is 10.3 Å². The number of anilines is 1. The maximum Gasteiger partial charge on any atom is 0.339 e. The van der Waals surface area contributed by atoms with E-state index in [0.717, 1.165) is 0 Å². The highest BCUT2D eigenvalue weighted by Gasteiger charge is 2.23. The minimum absolute atomic E-state index is 0.00228. The smallest absolute Gasteiger partial charge is 0.339 e. The average molecular weight is 446 g/mol. The van der Waals surface area contributed by atoms with Crippen LogP contribution in [-0.4, -0.2) is 68.0 Å². The molecule has 0 radical (unpaired) electrons. The third-order valence-electron chi connectivity index (χ3n) is 4.76. The number of aromatic amines is 1. The van der Waals surface area contributed by atoms with E-state index in [1.54, 1.807) is 44.0 Å². The molecule has 9 nitrogen and oxygen atoms in total. The lowest BCUT2D eigenvalue weighted by Gasteiger charge is -2.16. The molecule has 0 fully saturated rings. The number of methoxy groups -OCH3 is 1. The Morgan fingerprint density at radius 2 is 1.69 bits per heavy atom. The molecule has 0 saturated carbocycles. The second-order valence-corrected chi connectivity index (χ2v) is 7.29. The summed E-state index contributed by atoms with van der Waals surface area (Å²) in [5, 5.41) is 2.80. The van der Waals surface area contributed by atoms with E-state index in [1.807, 2.05) is 13.8 Å². The topological polar surface area (TPSA) is 110 Å². The molecule has 2 rings (SSSR count). The van der Waals surface area contributed by atoms with Gasteiger partial charge in [-0.3, -0.25) is 14.5 Å². The Hall–Kier alpha value is -3.33. The number of hydrogen-bond acceptors (Lipinski definition) is 7. The van der Waals surface area contributed by atoms with Crippen molar-refractivity contribution in [2.24, 2.45) is 0 Å². The molecule has 0 aliphatic rings. The van der Waals surface area contributed by atoms with Gasteiger partial charge in [-0.25, -0.2) is 4.79 Å². The molecule has 0 aliphatic carbocycles. The number of Topliss-reactive ketones (excluding diaryl/α,β-unsaturated/α-hetero) is 1. The average Bonchev–Trinajstić information content (AvgIpc) is 3.03. The molecule has 0 saturated heterocycles. The van der Waals surface area contributed by atoms with Gasteiger partial charge in [-0.15, -0.1) is 0 Å². The fourth-order valence-corrected chi connectivity index (χ4v) is 3.39. The summed E-state index contributed by atoms with van der Waals surface area (Å²) in [5.74, 6) is 0.162. The fraction of sp³-hybridized carbons (Fsp3) is 0.435. The zero-order valence-electron chi connectivity index (χ0n) is 19.5. The minimum Gasteiger partial charge on any atom is -0.490 e. The third kappa shape index (κ3) is 6.10. The molecule has 1 amide bonds. The summed E-state index contributed by atoms with van der Waals surface area (Å²) in [5.41, 5.74) is 2.37. The van der Waals surface area contributed by atoms with Crippen molar-refractivity contribution in [3.05, 3.63) is 40.7 Å². The number of carbonyl (C=O) groups excluding carboxylic acids is 3. The van der Waals surface area contributed by atoms with Gasteiger partial charge in [0.05, 0.1) is 44.7 Å². The number of benzene rings is 1. The minimum atomic E-state index is -0.496. The maximum absolute atomic E-state index is 12.7. The number of rotatable bonds is 11. The summed E-state index contributed by atoms with van der Waals surface area (Å²) in [6.45, 7) is 8.14. The second-order valence-electron chi connectivity index (χ2n) is 7.29. The van der Waals surface area contributed by atoms with Crippen LogP contribution in [0.25, 0.3) is 0 Å². The lowest BCUT2D eigenvalue weighted by atomic mass is 10.1. The van der Waals surface area contributed by atoms with E-state index in [9.17, 15) is 14.4 Å². The number of nitrogens with zero attached hydrogens (tertiary/aromatic N) is 1. The number of ketones is 1. The van der Waals surface area contributed by atoms with Crippen molar-refractivity contribution in [3.63, 3.8) is 0 Å². The van der Waals surface area contributed by atoms with Crippen molar-refractivity contribution >= 4 is 23.3 Å². The van der Waals surface area contributed by atoms with Crippen LogP contribution in [0, 0.1) is 13.8 Å². The Bertz CT molecular complexity index is 982. The molecule has 0 atom stereocenters. The third-order valence-corrected chi connectivity index (χ3v) is 4.76. The van der Waals surface area contributed by atoms with E-state index in [4.69, 9.17) is 14.2 Å². The van der Waals surface area contributed by atoms with Crippen molar-refractivity contribution in [3.8, 4) is 11.5 Å². The number of aryl methyl sites for hydroxylation is 1. The molecule has 0 unspecified atom stereocenters.